The number of nitrogens with zero attached hydrogens (tertiary/aromatic N) is 2. The summed E-state index contributed by atoms with van der Waals surface area (Å²) in [5.74, 6) is -1.75. The van der Waals surface area contributed by atoms with Gasteiger partial charge >= 0.3 is 17.8 Å². The molecule has 2 rings (SSSR count). The molecule has 1 N–H and O–H groups in total. The molecule has 0 unspecified atom stereocenters. The summed E-state index contributed by atoms with van der Waals surface area (Å²) in [6.45, 7) is 11.6. The lowest BCUT2D eigenvalue weighted by atomic mass is 9.93. The van der Waals surface area contributed by atoms with E-state index in [-0.39, 0.29) is 24.4 Å². The Morgan fingerprint density at radius 1 is 0.862 bits per heavy atom. The molecule has 1 saturated heterocycles. The Kier molecular flexibility index (Phi) is 7.16. The van der Waals surface area contributed by atoms with E-state index in [2.05, 4.69) is 19.2 Å². The van der Waals surface area contributed by atoms with Gasteiger partial charge in [-0.25, -0.2) is 9.69 Å². The van der Waals surface area contributed by atoms with Gasteiger partial charge in [0.15, 0.2) is 0 Å². The maximum absolute atomic E-state index is 12.6. The Bertz CT molecular complexity index is 784. The van der Waals surface area contributed by atoms with Gasteiger partial charge in [0.05, 0.1) is 6.04 Å². The molecule has 1 atom stereocenters. The quantitative estimate of drug-likeness (QED) is 0.536. The SMILES string of the molecule is CC(C)CN1C(=O)C(=O)N(CC(=O)N[C@H](c2ccc(C(C)C)cc2)C(C)C)C1=O. The summed E-state index contributed by atoms with van der Waals surface area (Å²) in [6.07, 6.45) is 0. The van der Waals surface area contributed by atoms with Crippen molar-refractivity contribution in [1.29, 1.82) is 0 Å². The standard InChI is InChI=1S/C22H31N3O4/c1-13(2)11-24-20(27)21(28)25(22(24)29)12-18(26)23-19(15(5)6)17-9-7-16(8-10-17)14(3)4/h7-10,13-15,19H,11-12H2,1-6H3,(H,23,26)/t19-/m0/s1. The van der Waals surface area contributed by atoms with E-state index in [0.29, 0.717) is 5.92 Å². The molecule has 1 aromatic carbocycles. The van der Waals surface area contributed by atoms with Crippen molar-refractivity contribution in [2.75, 3.05) is 13.1 Å². The molecule has 0 bridgehead atoms. The zero-order valence-corrected chi connectivity index (χ0v) is 18.1. The first-order chi connectivity index (χ1) is 13.5. The Morgan fingerprint density at radius 2 is 1.38 bits per heavy atom. The summed E-state index contributed by atoms with van der Waals surface area (Å²) in [4.78, 5) is 50.9. The van der Waals surface area contributed by atoms with Gasteiger partial charge in [-0.05, 0) is 28.9 Å². The molecule has 1 aromatic rings. The predicted molar refractivity (Wildman–Crippen MR) is 110 cm³/mol. The molecule has 5 amide bonds. The zero-order chi connectivity index (χ0) is 21.9. The van der Waals surface area contributed by atoms with Gasteiger partial charge in [-0.3, -0.25) is 19.3 Å². The van der Waals surface area contributed by atoms with Crippen molar-refractivity contribution in [2.45, 2.75) is 53.5 Å². The third kappa shape index (κ3) is 5.22. The van der Waals surface area contributed by atoms with Crippen LogP contribution in [0.15, 0.2) is 24.3 Å². The second-order valence-corrected chi connectivity index (χ2v) is 8.59. The van der Waals surface area contributed by atoms with Gasteiger partial charge in [-0.15, -0.1) is 0 Å². The molecule has 158 valence electrons. The third-order valence-electron chi connectivity index (χ3n) is 4.93. The van der Waals surface area contributed by atoms with E-state index in [9.17, 15) is 19.2 Å². The van der Waals surface area contributed by atoms with Gasteiger partial charge in [0.2, 0.25) is 5.91 Å². The Labute approximate surface area is 172 Å². The van der Waals surface area contributed by atoms with Gasteiger partial charge in [0, 0.05) is 6.54 Å². The molecular weight excluding hydrogens is 370 g/mol. The van der Waals surface area contributed by atoms with Crippen molar-refractivity contribution in [3.05, 3.63) is 35.4 Å². The van der Waals surface area contributed by atoms with Crippen LogP contribution >= 0.6 is 0 Å². The van der Waals surface area contributed by atoms with Crippen molar-refractivity contribution in [1.82, 2.24) is 15.1 Å². The number of amides is 5. The van der Waals surface area contributed by atoms with Crippen LogP contribution in [-0.4, -0.2) is 46.6 Å². The fraction of sp³-hybridized carbons (Fsp3) is 0.545. The summed E-state index contributed by atoms with van der Waals surface area (Å²) < 4.78 is 0. The van der Waals surface area contributed by atoms with Crippen molar-refractivity contribution >= 4 is 23.8 Å². The van der Waals surface area contributed by atoms with Crippen LogP contribution in [-0.2, 0) is 14.4 Å². The lowest BCUT2D eigenvalue weighted by Gasteiger charge is -2.24. The van der Waals surface area contributed by atoms with Crippen LogP contribution in [0.5, 0.6) is 0 Å². The first kappa shape index (κ1) is 22.6. The minimum atomic E-state index is -0.951. The summed E-state index contributed by atoms with van der Waals surface area (Å²) >= 11 is 0. The highest BCUT2D eigenvalue weighted by atomic mass is 16.2. The molecular formula is C22H31N3O4. The largest absolute Gasteiger partial charge is 0.347 e. The van der Waals surface area contributed by atoms with Crippen LogP contribution in [0, 0.1) is 11.8 Å². The molecule has 1 heterocycles. The number of rotatable bonds is 8. The highest BCUT2D eigenvalue weighted by Crippen LogP contribution is 2.24. The normalized spacial score (nSPS) is 15.8. The van der Waals surface area contributed by atoms with E-state index in [1.165, 1.54) is 5.56 Å². The molecule has 0 spiro atoms. The summed E-state index contributed by atoms with van der Waals surface area (Å²) in [6, 6.07) is 7.06. The zero-order valence-electron chi connectivity index (χ0n) is 18.1. The molecule has 1 aliphatic heterocycles. The van der Waals surface area contributed by atoms with Crippen molar-refractivity contribution < 1.29 is 19.2 Å². The lowest BCUT2D eigenvalue weighted by Crippen LogP contribution is -2.43. The Balaban J connectivity index is 2.10. The Morgan fingerprint density at radius 3 is 1.86 bits per heavy atom. The van der Waals surface area contributed by atoms with E-state index in [4.69, 9.17) is 0 Å². The number of urea groups is 1. The molecule has 0 aromatic heterocycles. The number of nitrogens with one attached hydrogen (secondary N) is 1. The first-order valence-corrected chi connectivity index (χ1v) is 10.1. The van der Waals surface area contributed by atoms with Crippen LogP contribution in [0.2, 0.25) is 0 Å². The van der Waals surface area contributed by atoms with E-state index < -0.39 is 30.3 Å². The number of carbonyl (C=O) groups is 4. The smallest absolute Gasteiger partial charge is 0.334 e. The molecule has 0 saturated carbocycles. The highest BCUT2D eigenvalue weighted by molar-refractivity contribution is 6.45. The summed E-state index contributed by atoms with van der Waals surface area (Å²) in [5.41, 5.74) is 2.16. The van der Waals surface area contributed by atoms with E-state index in [1.54, 1.807) is 0 Å². The third-order valence-corrected chi connectivity index (χ3v) is 4.93. The molecule has 7 heteroatoms. The molecule has 0 aliphatic carbocycles. The molecule has 0 radical (unpaired) electrons. The highest BCUT2D eigenvalue weighted by Gasteiger charge is 2.45. The fourth-order valence-electron chi connectivity index (χ4n) is 3.30. The minimum absolute atomic E-state index is 0.0311. The maximum Gasteiger partial charge on any atom is 0.334 e. The van der Waals surface area contributed by atoms with Gasteiger partial charge in [0.1, 0.15) is 6.54 Å². The number of imide groups is 2. The second kappa shape index (κ2) is 9.20. The van der Waals surface area contributed by atoms with Gasteiger partial charge < -0.3 is 5.32 Å². The number of carbonyl (C=O) groups excluding carboxylic acids is 4. The molecule has 29 heavy (non-hydrogen) atoms. The van der Waals surface area contributed by atoms with Gasteiger partial charge in [-0.2, -0.15) is 0 Å². The van der Waals surface area contributed by atoms with Crippen LogP contribution < -0.4 is 5.32 Å². The van der Waals surface area contributed by atoms with Crippen LogP contribution in [0.1, 0.15) is 64.6 Å². The van der Waals surface area contributed by atoms with Crippen LogP contribution in [0.25, 0.3) is 0 Å². The van der Waals surface area contributed by atoms with Gasteiger partial charge in [0.25, 0.3) is 0 Å². The molecule has 1 fully saturated rings. The fourth-order valence-corrected chi connectivity index (χ4v) is 3.30. The van der Waals surface area contributed by atoms with Crippen LogP contribution in [0.3, 0.4) is 0 Å². The predicted octanol–water partition coefficient (Wildman–Crippen LogP) is 3.07. The van der Waals surface area contributed by atoms with Crippen molar-refractivity contribution in [2.24, 2.45) is 11.8 Å². The molecule has 7 nitrogen and oxygen atoms in total. The summed E-state index contributed by atoms with van der Waals surface area (Å²) in [7, 11) is 0. The lowest BCUT2D eigenvalue weighted by molar-refractivity contribution is -0.144. The van der Waals surface area contributed by atoms with E-state index in [0.717, 1.165) is 15.4 Å². The maximum atomic E-state index is 12.6. The van der Waals surface area contributed by atoms with E-state index in [1.807, 2.05) is 52.0 Å². The number of benzene rings is 1. The second-order valence-electron chi connectivity index (χ2n) is 8.59. The topological polar surface area (TPSA) is 86.8 Å². The molecule has 1 aliphatic rings. The number of hydrogen-bond acceptors (Lipinski definition) is 4. The van der Waals surface area contributed by atoms with Gasteiger partial charge in [-0.1, -0.05) is 65.8 Å². The van der Waals surface area contributed by atoms with Crippen molar-refractivity contribution in [3.8, 4) is 0 Å². The average Bonchev–Trinajstić information content (AvgIpc) is 2.83. The van der Waals surface area contributed by atoms with Crippen molar-refractivity contribution in [3.63, 3.8) is 0 Å². The van der Waals surface area contributed by atoms with E-state index >= 15 is 0 Å². The van der Waals surface area contributed by atoms with Crippen LogP contribution in [0.4, 0.5) is 4.79 Å². The monoisotopic (exact) mass is 401 g/mol. The summed E-state index contributed by atoms with van der Waals surface area (Å²) in [5, 5.41) is 2.91. The first-order valence-electron chi connectivity index (χ1n) is 10.1. The Hall–Kier alpha value is -2.70. The minimum Gasteiger partial charge on any atom is -0.347 e. The average molecular weight is 402 g/mol. The number of hydrogen-bond donors (Lipinski definition) is 1.